The molecule has 7 nitrogen and oxygen atoms in total. The van der Waals surface area contributed by atoms with Crippen LogP contribution in [0.1, 0.15) is 39.1 Å². The first-order chi connectivity index (χ1) is 14.2. The zero-order valence-corrected chi connectivity index (χ0v) is 16.5. The lowest BCUT2D eigenvalue weighted by Crippen LogP contribution is -2.36. The van der Waals surface area contributed by atoms with Crippen LogP contribution >= 0.6 is 0 Å². The van der Waals surface area contributed by atoms with Crippen molar-refractivity contribution in [2.24, 2.45) is 0 Å². The molecule has 7 heteroatoms. The van der Waals surface area contributed by atoms with E-state index in [1.165, 1.54) is 0 Å². The van der Waals surface area contributed by atoms with Crippen LogP contribution in [0.2, 0.25) is 0 Å². The largest absolute Gasteiger partial charge is 0.378 e. The predicted molar refractivity (Wildman–Crippen MR) is 110 cm³/mol. The van der Waals surface area contributed by atoms with E-state index in [1.807, 2.05) is 35.2 Å². The van der Waals surface area contributed by atoms with E-state index in [4.69, 9.17) is 4.74 Å². The number of nitrogens with zero attached hydrogens (tertiary/aromatic N) is 3. The standard InChI is InChI=1S/C22H26N4O3/c27-21(19-7-8-20(23-16-19)25-11-13-29-14-12-25)24-15-17-3-5-18(6-4-17)22(28)26-9-1-2-10-26/h3-8,16H,1-2,9-15H2,(H,24,27). The van der Waals surface area contributed by atoms with Crippen molar-refractivity contribution in [2.45, 2.75) is 19.4 Å². The van der Waals surface area contributed by atoms with Gasteiger partial charge in [0.2, 0.25) is 0 Å². The number of likely N-dealkylation sites (tertiary alicyclic amines) is 1. The smallest absolute Gasteiger partial charge is 0.253 e. The fraction of sp³-hybridized carbons (Fsp3) is 0.409. The van der Waals surface area contributed by atoms with Crippen molar-refractivity contribution in [1.82, 2.24) is 15.2 Å². The first-order valence-electron chi connectivity index (χ1n) is 10.2. The minimum Gasteiger partial charge on any atom is -0.378 e. The van der Waals surface area contributed by atoms with Gasteiger partial charge < -0.3 is 19.9 Å². The number of hydrogen-bond acceptors (Lipinski definition) is 5. The molecule has 0 atom stereocenters. The molecule has 0 radical (unpaired) electrons. The van der Waals surface area contributed by atoms with E-state index >= 15 is 0 Å². The molecule has 2 fully saturated rings. The summed E-state index contributed by atoms with van der Waals surface area (Å²) >= 11 is 0. The maximum atomic E-state index is 12.4. The van der Waals surface area contributed by atoms with Gasteiger partial charge in [-0.2, -0.15) is 0 Å². The minimum atomic E-state index is -0.164. The van der Waals surface area contributed by atoms with Gasteiger partial charge in [-0.05, 0) is 42.7 Å². The number of benzene rings is 1. The molecule has 29 heavy (non-hydrogen) atoms. The van der Waals surface area contributed by atoms with Crippen molar-refractivity contribution < 1.29 is 14.3 Å². The summed E-state index contributed by atoms with van der Waals surface area (Å²) in [5.74, 6) is 0.788. The van der Waals surface area contributed by atoms with Crippen LogP contribution in [0.3, 0.4) is 0 Å². The van der Waals surface area contributed by atoms with Crippen LogP contribution in [-0.4, -0.2) is 61.1 Å². The number of ether oxygens (including phenoxy) is 1. The summed E-state index contributed by atoms with van der Waals surface area (Å²) in [6.07, 6.45) is 3.77. The summed E-state index contributed by atoms with van der Waals surface area (Å²) in [6, 6.07) is 11.1. The maximum absolute atomic E-state index is 12.4. The van der Waals surface area contributed by atoms with Crippen molar-refractivity contribution in [3.8, 4) is 0 Å². The molecular weight excluding hydrogens is 368 g/mol. The number of morpholine rings is 1. The van der Waals surface area contributed by atoms with Crippen LogP contribution in [0.25, 0.3) is 0 Å². The molecule has 0 unspecified atom stereocenters. The highest BCUT2D eigenvalue weighted by Gasteiger charge is 2.19. The lowest BCUT2D eigenvalue weighted by molar-refractivity contribution is 0.0792. The predicted octanol–water partition coefficient (Wildman–Crippen LogP) is 2.08. The second-order valence-electron chi connectivity index (χ2n) is 7.38. The van der Waals surface area contributed by atoms with Gasteiger partial charge in [0, 0.05) is 44.5 Å². The molecule has 0 spiro atoms. The average Bonchev–Trinajstić information content (AvgIpc) is 3.33. The highest BCUT2D eigenvalue weighted by molar-refractivity contribution is 5.95. The van der Waals surface area contributed by atoms with E-state index in [0.717, 1.165) is 50.4 Å². The van der Waals surface area contributed by atoms with Crippen LogP contribution in [-0.2, 0) is 11.3 Å². The molecule has 1 N–H and O–H groups in total. The fourth-order valence-electron chi connectivity index (χ4n) is 3.65. The van der Waals surface area contributed by atoms with Gasteiger partial charge in [0.25, 0.3) is 11.8 Å². The van der Waals surface area contributed by atoms with Gasteiger partial charge >= 0.3 is 0 Å². The number of aromatic nitrogens is 1. The first kappa shape index (κ1) is 19.4. The zero-order chi connectivity index (χ0) is 20.1. The Morgan fingerprint density at radius 3 is 2.28 bits per heavy atom. The summed E-state index contributed by atoms with van der Waals surface area (Å²) in [5.41, 5.74) is 2.18. The molecule has 2 aliphatic heterocycles. The number of pyridine rings is 1. The van der Waals surface area contributed by atoms with Gasteiger partial charge in [-0.1, -0.05) is 12.1 Å². The van der Waals surface area contributed by atoms with E-state index in [9.17, 15) is 9.59 Å². The Morgan fingerprint density at radius 1 is 0.931 bits per heavy atom. The van der Waals surface area contributed by atoms with Gasteiger partial charge in [0.1, 0.15) is 5.82 Å². The van der Waals surface area contributed by atoms with Crippen molar-refractivity contribution in [2.75, 3.05) is 44.3 Å². The fourth-order valence-corrected chi connectivity index (χ4v) is 3.65. The zero-order valence-electron chi connectivity index (χ0n) is 16.5. The van der Waals surface area contributed by atoms with E-state index in [1.54, 1.807) is 12.3 Å². The summed E-state index contributed by atoms with van der Waals surface area (Å²) < 4.78 is 5.35. The third-order valence-electron chi connectivity index (χ3n) is 5.39. The SMILES string of the molecule is O=C(NCc1ccc(C(=O)N2CCCC2)cc1)c1ccc(N2CCOCC2)nc1. The normalized spacial score (nSPS) is 16.7. The lowest BCUT2D eigenvalue weighted by atomic mass is 10.1. The highest BCUT2D eigenvalue weighted by atomic mass is 16.5. The van der Waals surface area contributed by atoms with E-state index in [2.05, 4.69) is 15.2 Å². The Balaban J connectivity index is 1.30. The van der Waals surface area contributed by atoms with Gasteiger partial charge in [0.05, 0.1) is 18.8 Å². The Kier molecular flexibility index (Phi) is 6.05. The number of rotatable bonds is 5. The summed E-state index contributed by atoms with van der Waals surface area (Å²) in [7, 11) is 0. The van der Waals surface area contributed by atoms with E-state index in [-0.39, 0.29) is 11.8 Å². The molecule has 3 heterocycles. The number of anilines is 1. The summed E-state index contributed by atoms with van der Waals surface area (Å²) in [6.45, 7) is 5.12. The molecule has 1 aromatic carbocycles. The first-order valence-corrected chi connectivity index (χ1v) is 10.2. The van der Waals surface area contributed by atoms with Crippen LogP contribution < -0.4 is 10.2 Å². The molecule has 0 saturated carbocycles. The summed E-state index contributed by atoms with van der Waals surface area (Å²) in [4.78, 5) is 33.3. The number of nitrogens with one attached hydrogen (secondary N) is 1. The Morgan fingerprint density at radius 2 is 1.62 bits per heavy atom. The Bertz CT molecular complexity index is 839. The number of carbonyl (C=O) groups excluding carboxylic acids is 2. The van der Waals surface area contributed by atoms with Crippen molar-refractivity contribution in [3.63, 3.8) is 0 Å². The minimum absolute atomic E-state index is 0.0875. The van der Waals surface area contributed by atoms with Gasteiger partial charge in [-0.3, -0.25) is 9.59 Å². The van der Waals surface area contributed by atoms with Crippen molar-refractivity contribution in [3.05, 3.63) is 59.3 Å². The van der Waals surface area contributed by atoms with Crippen LogP contribution in [0, 0.1) is 0 Å². The number of carbonyl (C=O) groups is 2. The Labute approximate surface area is 170 Å². The monoisotopic (exact) mass is 394 g/mol. The molecule has 0 aliphatic carbocycles. The molecular formula is C22H26N4O3. The van der Waals surface area contributed by atoms with Crippen molar-refractivity contribution >= 4 is 17.6 Å². The van der Waals surface area contributed by atoms with Crippen molar-refractivity contribution in [1.29, 1.82) is 0 Å². The molecule has 1 aromatic heterocycles. The molecule has 2 amide bonds. The lowest BCUT2D eigenvalue weighted by Gasteiger charge is -2.27. The topological polar surface area (TPSA) is 74.8 Å². The molecule has 2 aromatic rings. The van der Waals surface area contributed by atoms with Gasteiger partial charge in [-0.15, -0.1) is 0 Å². The quantitative estimate of drug-likeness (QED) is 0.841. The van der Waals surface area contributed by atoms with E-state index in [0.29, 0.717) is 30.9 Å². The third-order valence-corrected chi connectivity index (χ3v) is 5.39. The second-order valence-corrected chi connectivity index (χ2v) is 7.38. The highest BCUT2D eigenvalue weighted by Crippen LogP contribution is 2.15. The number of amides is 2. The van der Waals surface area contributed by atoms with Gasteiger partial charge in [-0.25, -0.2) is 4.98 Å². The molecule has 2 aliphatic rings. The van der Waals surface area contributed by atoms with Crippen LogP contribution in [0.15, 0.2) is 42.6 Å². The Hall–Kier alpha value is -2.93. The molecule has 4 rings (SSSR count). The summed E-state index contributed by atoms with van der Waals surface area (Å²) in [5, 5.41) is 2.91. The van der Waals surface area contributed by atoms with Gasteiger partial charge in [0.15, 0.2) is 0 Å². The maximum Gasteiger partial charge on any atom is 0.253 e. The molecule has 152 valence electrons. The molecule has 2 saturated heterocycles. The second kappa shape index (κ2) is 9.05. The number of hydrogen-bond donors (Lipinski definition) is 1. The van der Waals surface area contributed by atoms with Crippen LogP contribution in [0.5, 0.6) is 0 Å². The third kappa shape index (κ3) is 4.74. The average molecular weight is 394 g/mol. The van der Waals surface area contributed by atoms with Crippen LogP contribution in [0.4, 0.5) is 5.82 Å². The molecule has 0 bridgehead atoms. The van der Waals surface area contributed by atoms with E-state index < -0.39 is 0 Å².